The molecule has 0 aliphatic heterocycles. The number of rotatable bonds is 8. The zero-order valence-corrected chi connectivity index (χ0v) is 11.9. The molecule has 5 nitrogen and oxygen atoms in total. The van der Waals surface area contributed by atoms with Crippen molar-refractivity contribution >= 4 is 11.9 Å². The number of carboxylic acids is 1. The summed E-state index contributed by atoms with van der Waals surface area (Å²) in [6, 6.07) is 0. The molecule has 0 aromatic carbocycles. The Labute approximate surface area is 114 Å². The average molecular weight is 271 g/mol. The standard InChI is InChI=1S/C14H25NO4/c1-11(2)7-14(5-3-4-6-14)10-15-12(16)8-19-9-13(17)18/h11H,3-10H2,1-2H3,(H,15,16)(H,17,18). The van der Waals surface area contributed by atoms with Crippen molar-refractivity contribution in [1.29, 1.82) is 0 Å². The second-order valence-electron chi connectivity index (χ2n) is 5.97. The Morgan fingerprint density at radius 3 is 2.42 bits per heavy atom. The third-order valence-corrected chi connectivity index (χ3v) is 3.62. The summed E-state index contributed by atoms with van der Waals surface area (Å²) in [5.41, 5.74) is 0.233. The minimum atomic E-state index is -1.06. The Kier molecular flexibility index (Phi) is 6.28. The first-order chi connectivity index (χ1) is 8.93. The van der Waals surface area contributed by atoms with Gasteiger partial charge in [0.1, 0.15) is 13.2 Å². The van der Waals surface area contributed by atoms with Crippen molar-refractivity contribution in [3.8, 4) is 0 Å². The fourth-order valence-electron chi connectivity index (χ4n) is 3.01. The van der Waals surface area contributed by atoms with Gasteiger partial charge in [0.05, 0.1) is 0 Å². The second kappa shape index (κ2) is 7.48. The van der Waals surface area contributed by atoms with Gasteiger partial charge in [-0.25, -0.2) is 4.79 Å². The maximum atomic E-state index is 11.6. The van der Waals surface area contributed by atoms with Gasteiger partial charge in [0.15, 0.2) is 0 Å². The number of carbonyl (C=O) groups excluding carboxylic acids is 1. The van der Waals surface area contributed by atoms with E-state index < -0.39 is 12.6 Å². The molecule has 0 bridgehead atoms. The van der Waals surface area contributed by atoms with Gasteiger partial charge in [-0.3, -0.25) is 4.79 Å². The minimum Gasteiger partial charge on any atom is -0.480 e. The van der Waals surface area contributed by atoms with E-state index in [0.29, 0.717) is 12.5 Å². The van der Waals surface area contributed by atoms with E-state index in [2.05, 4.69) is 19.2 Å². The van der Waals surface area contributed by atoms with Crippen LogP contribution in [0.2, 0.25) is 0 Å². The van der Waals surface area contributed by atoms with Crippen LogP contribution < -0.4 is 5.32 Å². The van der Waals surface area contributed by atoms with E-state index in [4.69, 9.17) is 9.84 Å². The lowest BCUT2D eigenvalue weighted by Gasteiger charge is -2.31. The summed E-state index contributed by atoms with van der Waals surface area (Å²) in [7, 11) is 0. The largest absolute Gasteiger partial charge is 0.480 e. The average Bonchev–Trinajstić information content (AvgIpc) is 2.74. The summed E-state index contributed by atoms with van der Waals surface area (Å²) < 4.78 is 4.77. The summed E-state index contributed by atoms with van der Waals surface area (Å²) in [6.07, 6.45) is 5.93. The Morgan fingerprint density at radius 2 is 1.89 bits per heavy atom. The van der Waals surface area contributed by atoms with Gasteiger partial charge in [-0.1, -0.05) is 26.7 Å². The molecule has 2 N–H and O–H groups in total. The Hall–Kier alpha value is -1.10. The topological polar surface area (TPSA) is 75.6 Å². The summed E-state index contributed by atoms with van der Waals surface area (Å²) in [6.45, 7) is 4.49. The fraction of sp³-hybridized carbons (Fsp3) is 0.857. The number of nitrogens with one attached hydrogen (secondary N) is 1. The number of hydrogen-bond acceptors (Lipinski definition) is 3. The smallest absolute Gasteiger partial charge is 0.329 e. The third kappa shape index (κ3) is 6.05. The molecule has 1 amide bonds. The summed E-state index contributed by atoms with van der Waals surface area (Å²) >= 11 is 0. The summed E-state index contributed by atoms with van der Waals surface area (Å²) in [5, 5.41) is 11.3. The van der Waals surface area contributed by atoms with Crippen molar-refractivity contribution in [2.75, 3.05) is 19.8 Å². The van der Waals surface area contributed by atoms with E-state index in [0.717, 1.165) is 6.42 Å². The molecule has 19 heavy (non-hydrogen) atoms. The molecule has 0 aromatic rings. The van der Waals surface area contributed by atoms with E-state index in [1.54, 1.807) is 0 Å². The van der Waals surface area contributed by atoms with Crippen LogP contribution in [-0.4, -0.2) is 36.7 Å². The van der Waals surface area contributed by atoms with Crippen LogP contribution in [0.3, 0.4) is 0 Å². The first-order valence-electron chi connectivity index (χ1n) is 7.00. The van der Waals surface area contributed by atoms with Gasteiger partial charge in [0.25, 0.3) is 0 Å². The van der Waals surface area contributed by atoms with Crippen LogP contribution in [-0.2, 0) is 14.3 Å². The highest BCUT2D eigenvalue weighted by atomic mass is 16.5. The molecule has 0 saturated heterocycles. The maximum Gasteiger partial charge on any atom is 0.329 e. The molecule has 0 atom stereocenters. The van der Waals surface area contributed by atoms with E-state index in [1.807, 2.05) is 0 Å². The Bertz CT molecular complexity index is 309. The number of aliphatic carboxylic acids is 1. The molecule has 1 rings (SSSR count). The van der Waals surface area contributed by atoms with Crippen LogP contribution in [0.1, 0.15) is 46.0 Å². The van der Waals surface area contributed by atoms with Crippen molar-refractivity contribution in [3.05, 3.63) is 0 Å². The molecule has 0 spiro atoms. The summed E-state index contributed by atoms with van der Waals surface area (Å²) in [4.78, 5) is 21.8. The first-order valence-corrected chi connectivity index (χ1v) is 7.00. The molecule has 1 aliphatic rings. The van der Waals surface area contributed by atoms with Crippen LogP contribution in [0.15, 0.2) is 0 Å². The molecule has 0 radical (unpaired) electrons. The van der Waals surface area contributed by atoms with Crippen LogP contribution in [0.25, 0.3) is 0 Å². The fourth-order valence-corrected chi connectivity index (χ4v) is 3.01. The molecule has 5 heteroatoms. The maximum absolute atomic E-state index is 11.6. The van der Waals surface area contributed by atoms with Gasteiger partial charge in [0.2, 0.25) is 5.91 Å². The van der Waals surface area contributed by atoms with Gasteiger partial charge in [0, 0.05) is 6.54 Å². The van der Waals surface area contributed by atoms with Crippen molar-refractivity contribution in [3.63, 3.8) is 0 Å². The lowest BCUT2D eigenvalue weighted by atomic mass is 9.78. The summed E-state index contributed by atoms with van der Waals surface area (Å²) in [5.74, 6) is -0.658. The third-order valence-electron chi connectivity index (χ3n) is 3.62. The monoisotopic (exact) mass is 271 g/mol. The molecular formula is C14H25NO4. The van der Waals surface area contributed by atoms with E-state index in [1.165, 1.54) is 25.7 Å². The zero-order chi connectivity index (χ0) is 14.3. The van der Waals surface area contributed by atoms with Gasteiger partial charge >= 0.3 is 5.97 Å². The second-order valence-corrected chi connectivity index (χ2v) is 5.97. The molecule has 1 fully saturated rings. The molecule has 0 heterocycles. The van der Waals surface area contributed by atoms with Crippen molar-refractivity contribution in [1.82, 2.24) is 5.32 Å². The Morgan fingerprint density at radius 1 is 1.26 bits per heavy atom. The van der Waals surface area contributed by atoms with E-state index in [9.17, 15) is 9.59 Å². The highest BCUT2D eigenvalue weighted by Crippen LogP contribution is 2.42. The number of hydrogen-bond donors (Lipinski definition) is 2. The quantitative estimate of drug-likeness (QED) is 0.706. The number of carbonyl (C=O) groups is 2. The van der Waals surface area contributed by atoms with Gasteiger partial charge in [-0.05, 0) is 30.6 Å². The lowest BCUT2D eigenvalue weighted by molar-refractivity contribution is -0.143. The first kappa shape index (κ1) is 16.0. The normalized spacial score (nSPS) is 17.6. The van der Waals surface area contributed by atoms with Crippen molar-refractivity contribution in [2.45, 2.75) is 46.0 Å². The van der Waals surface area contributed by atoms with Crippen molar-refractivity contribution < 1.29 is 19.4 Å². The van der Waals surface area contributed by atoms with Crippen LogP contribution in [0.5, 0.6) is 0 Å². The Balaban J connectivity index is 2.31. The van der Waals surface area contributed by atoms with Gasteiger partial charge in [-0.2, -0.15) is 0 Å². The zero-order valence-electron chi connectivity index (χ0n) is 11.9. The van der Waals surface area contributed by atoms with Crippen LogP contribution in [0, 0.1) is 11.3 Å². The highest BCUT2D eigenvalue weighted by molar-refractivity contribution is 5.77. The van der Waals surface area contributed by atoms with Crippen molar-refractivity contribution in [2.24, 2.45) is 11.3 Å². The lowest BCUT2D eigenvalue weighted by Crippen LogP contribution is -2.38. The van der Waals surface area contributed by atoms with E-state index >= 15 is 0 Å². The highest BCUT2D eigenvalue weighted by Gasteiger charge is 2.34. The predicted octanol–water partition coefficient (Wildman–Crippen LogP) is 1.81. The van der Waals surface area contributed by atoms with Crippen LogP contribution in [0.4, 0.5) is 0 Å². The molecule has 0 unspecified atom stereocenters. The van der Waals surface area contributed by atoms with E-state index in [-0.39, 0.29) is 17.9 Å². The van der Waals surface area contributed by atoms with Gasteiger partial charge < -0.3 is 15.2 Å². The number of carboxylic acid groups (broad SMARTS) is 1. The SMILES string of the molecule is CC(C)CC1(CNC(=O)COCC(=O)O)CCCC1. The van der Waals surface area contributed by atoms with Gasteiger partial charge in [-0.15, -0.1) is 0 Å². The van der Waals surface area contributed by atoms with Crippen LogP contribution >= 0.6 is 0 Å². The molecule has 1 saturated carbocycles. The minimum absolute atomic E-state index is 0.177. The molecule has 0 aromatic heterocycles. The molecular weight excluding hydrogens is 246 g/mol. The predicted molar refractivity (Wildman–Crippen MR) is 71.8 cm³/mol. The molecule has 110 valence electrons. The number of ether oxygens (including phenoxy) is 1. The molecule has 1 aliphatic carbocycles. The number of amides is 1.